The number of carbonyl (C=O) groups is 3. The van der Waals surface area contributed by atoms with Gasteiger partial charge in [0.2, 0.25) is 17.7 Å². The number of aliphatic hydroxyl groups is 1. The van der Waals surface area contributed by atoms with Crippen LogP contribution in [0.2, 0.25) is 0 Å². The highest BCUT2D eigenvalue weighted by molar-refractivity contribution is 6.04. The number of aliphatic hydroxyl groups excluding tert-OH is 1. The van der Waals surface area contributed by atoms with Gasteiger partial charge in [0.05, 0.1) is 30.1 Å². The highest BCUT2D eigenvalue weighted by atomic mass is 16.5. The second-order valence-electron chi connectivity index (χ2n) is 13.1. The van der Waals surface area contributed by atoms with Crippen LogP contribution in [-0.4, -0.2) is 81.7 Å². The van der Waals surface area contributed by atoms with Crippen LogP contribution in [0.1, 0.15) is 59.3 Å². The van der Waals surface area contributed by atoms with Gasteiger partial charge >= 0.3 is 0 Å². The fourth-order valence-corrected chi connectivity index (χ4v) is 8.25. The van der Waals surface area contributed by atoms with E-state index in [1.54, 1.807) is 9.80 Å². The summed E-state index contributed by atoms with van der Waals surface area (Å²) in [5.74, 6) is -2.09. The van der Waals surface area contributed by atoms with Crippen LogP contribution in [0.25, 0.3) is 0 Å². The molecule has 5 aliphatic rings. The van der Waals surface area contributed by atoms with Crippen LogP contribution in [0, 0.1) is 17.8 Å². The summed E-state index contributed by atoms with van der Waals surface area (Å²) in [7, 11) is 0. The molecule has 4 heterocycles. The van der Waals surface area contributed by atoms with Gasteiger partial charge in [-0.15, -0.1) is 0 Å². The number of hydrogen-bond donors (Lipinski definition) is 1. The van der Waals surface area contributed by atoms with E-state index in [0.29, 0.717) is 19.5 Å². The number of nitrogens with zero attached hydrogens (tertiary/aromatic N) is 3. The molecule has 8 heteroatoms. The number of rotatable bonds is 6. The Morgan fingerprint density at radius 2 is 1.63 bits per heavy atom. The van der Waals surface area contributed by atoms with E-state index in [2.05, 4.69) is 0 Å². The van der Waals surface area contributed by atoms with E-state index in [1.807, 2.05) is 80.3 Å². The predicted molar refractivity (Wildman–Crippen MR) is 156 cm³/mol. The molecule has 220 valence electrons. The minimum Gasteiger partial charge on any atom is -0.394 e. The lowest BCUT2D eigenvalue weighted by atomic mass is 9.74. The number of ether oxygens (including phenoxy) is 1. The van der Waals surface area contributed by atoms with Gasteiger partial charge in [0, 0.05) is 24.8 Å². The Morgan fingerprint density at radius 3 is 2.32 bits per heavy atom. The van der Waals surface area contributed by atoms with Gasteiger partial charge in [-0.1, -0.05) is 75.6 Å². The van der Waals surface area contributed by atoms with Crippen LogP contribution in [0.3, 0.4) is 0 Å². The molecular weight excluding hydrogens is 518 g/mol. The number of benzene rings is 1. The fraction of sp³-hybridized carbons (Fsp3) is 0.606. The van der Waals surface area contributed by atoms with Gasteiger partial charge in [0.15, 0.2) is 0 Å². The van der Waals surface area contributed by atoms with Gasteiger partial charge in [0.1, 0.15) is 11.6 Å². The fourth-order valence-electron chi connectivity index (χ4n) is 8.25. The maximum absolute atomic E-state index is 14.7. The number of likely N-dealkylation sites (tertiary alicyclic amines) is 1. The van der Waals surface area contributed by atoms with Crippen molar-refractivity contribution in [3.63, 3.8) is 0 Å². The first kappa shape index (κ1) is 28.2. The number of fused-ring (bicyclic) bond motifs is 2. The summed E-state index contributed by atoms with van der Waals surface area (Å²) in [5.41, 5.74) is -1.61. The molecule has 0 radical (unpaired) electrons. The summed E-state index contributed by atoms with van der Waals surface area (Å²) in [4.78, 5) is 49.1. The van der Waals surface area contributed by atoms with Crippen molar-refractivity contribution in [1.82, 2.24) is 9.80 Å². The number of anilines is 1. The summed E-state index contributed by atoms with van der Waals surface area (Å²) in [5, 5.41) is 10.6. The lowest BCUT2D eigenvalue weighted by Gasteiger charge is -2.42. The van der Waals surface area contributed by atoms with Crippen molar-refractivity contribution in [3.8, 4) is 0 Å². The molecule has 8 nitrogen and oxygen atoms in total. The van der Waals surface area contributed by atoms with Crippen LogP contribution in [0.5, 0.6) is 0 Å². The summed E-state index contributed by atoms with van der Waals surface area (Å²) >= 11 is 0. The Bertz CT molecular complexity index is 1240. The molecule has 41 heavy (non-hydrogen) atoms. The van der Waals surface area contributed by atoms with Crippen LogP contribution < -0.4 is 4.90 Å². The van der Waals surface area contributed by atoms with Crippen molar-refractivity contribution >= 4 is 23.4 Å². The highest BCUT2D eigenvalue weighted by Gasteiger charge is 2.75. The van der Waals surface area contributed by atoms with Gasteiger partial charge in [-0.25, -0.2) is 0 Å². The van der Waals surface area contributed by atoms with Crippen molar-refractivity contribution in [3.05, 3.63) is 54.6 Å². The third-order valence-corrected chi connectivity index (χ3v) is 9.96. The minimum atomic E-state index is -1.30. The number of carbonyl (C=O) groups excluding carboxylic acids is 3. The van der Waals surface area contributed by atoms with Crippen molar-refractivity contribution in [2.45, 2.75) is 88.6 Å². The van der Waals surface area contributed by atoms with Crippen LogP contribution in [0.4, 0.5) is 5.69 Å². The van der Waals surface area contributed by atoms with E-state index in [0.717, 1.165) is 31.4 Å². The largest absolute Gasteiger partial charge is 0.394 e. The molecule has 1 unspecified atom stereocenters. The maximum atomic E-state index is 14.7. The average molecular weight is 562 g/mol. The zero-order valence-electron chi connectivity index (χ0n) is 24.4. The summed E-state index contributed by atoms with van der Waals surface area (Å²) in [6.45, 7) is 6.55. The van der Waals surface area contributed by atoms with Crippen molar-refractivity contribution < 1.29 is 24.2 Å². The normalized spacial score (nSPS) is 34.5. The van der Waals surface area contributed by atoms with Gasteiger partial charge in [0.25, 0.3) is 0 Å². The highest BCUT2D eigenvalue weighted by Crippen LogP contribution is 2.58. The molecule has 3 amide bonds. The van der Waals surface area contributed by atoms with E-state index >= 15 is 0 Å². The van der Waals surface area contributed by atoms with Gasteiger partial charge in [-0.05, 0) is 44.2 Å². The maximum Gasteiger partial charge on any atom is 0.249 e. The molecule has 1 aliphatic carbocycles. The van der Waals surface area contributed by atoms with E-state index < -0.39 is 35.1 Å². The van der Waals surface area contributed by atoms with Crippen molar-refractivity contribution in [1.29, 1.82) is 0 Å². The Morgan fingerprint density at radius 1 is 0.927 bits per heavy atom. The quantitative estimate of drug-likeness (QED) is 0.535. The molecule has 6 atom stereocenters. The SMILES string of the molecule is CC(C)C[C@H](CO)N1C(=O)[C@@H]2[C@@H]3C(=O)N(c4ccccc4)CC=C[C@]3(C)O[C@@]23C=CCN(C2CCCCC2)C(=O)C13. The Kier molecular flexibility index (Phi) is 7.35. The molecule has 1 N–H and O–H groups in total. The first-order valence-corrected chi connectivity index (χ1v) is 15.4. The summed E-state index contributed by atoms with van der Waals surface area (Å²) in [6.07, 6.45) is 13.5. The second-order valence-corrected chi connectivity index (χ2v) is 13.1. The monoisotopic (exact) mass is 561 g/mol. The number of amides is 3. The minimum absolute atomic E-state index is 0.113. The van der Waals surface area contributed by atoms with Gasteiger partial charge in [-0.2, -0.15) is 0 Å². The molecule has 1 saturated carbocycles. The molecule has 3 fully saturated rings. The van der Waals surface area contributed by atoms with Crippen LogP contribution in [0.15, 0.2) is 54.6 Å². The van der Waals surface area contributed by atoms with Crippen molar-refractivity contribution in [2.75, 3.05) is 24.6 Å². The van der Waals surface area contributed by atoms with Crippen LogP contribution in [-0.2, 0) is 19.1 Å². The molecule has 0 bridgehead atoms. The lowest BCUT2D eigenvalue weighted by Crippen LogP contribution is -2.60. The summed E-state index contributed by atoms with van der Waals surface area (Å²) < 4.78 is 6.98. The van der Waals surface area contributed by atoms with E-state index in [9.17, 15) is 19.5 Å². The molecule has 1 aromatic rings. The van der Waals surface area contributed by atoms with Crippen LogP contribution >= 0.6 is 0 Å². The zero-order valence-corrected chi connectivity index (χ0v) is 24.4. The molecule has 0 aromatic heterocycles. The van der Waals surface area contributed by atoms with Gasteiger partial charge < -0.3 is 24.5 Å². The third kappa shape index (κ3) is 4.45. The topological polar surface area (TPSA) is 90.4 Å². The first-order valence-electron chi connectivity index (χ1n) is 15.4. The zero-order chi connectivity index (χ0) is 28.9. The van der Waals surface area contributed by atoms with E-state index in [1.165, 1.54) is 6.42 Å². The van der Waals surface area contributed by atoms with Gasteiger partial charge in [-0.3, -0.25) is 14.4 Å². The molecule has 2 saturated heterocycles. The number of para-hydroxylation sites is 1. The lowest BCUT2D eigenvalue weighted by molar-refractivity contribution is -0.156. The standard InChI is InChI=1S/C33H43N3O5/c1-22(2)20-25(21-37)36-28-31(40)35(24-14-8-5-9-15-24)19-11-17-33(28)27(30(36)39)26-29(38)34(23-12-6-4-7-13-23)18-10-16-32(26,3)41-33/h4,6-7,10-13,16-17,22,24-28,37H,5,8-9,14-15,18-21H2,1-3H3/t25-,26-,27+,28?,32+,33+/m1/s1. The van der Waals surface area contributed by atoms with E-state index in [4.69, 9.17) is 4.74 Å². The Balaban J connectivity index is 1.47. The second kappa shape index (κ2) is 10.7. The first-order chi connectivity index (χ1) is 19.7. The van der Waals surface area contributed by atoms with Crippen molar-refractivity contribution in [2.24, 2.45) is 17.8 Å². The molecule has 6 rings (SSSR count). The molecule has 4 aliphatic heterocycles. The molecule has 1 aromatic carbocycles. The molecule has 1 spiro atoms. The average Bonchev–Trinajstić information content (AvgIpc) is 3.24. The summed E-state index contributed by atoms with van der Waals surface area (Å²) in [6, 6.07) is 8.12. The molecular formula is C33H43N3O5. The Labute approximate surface area is 243 Å². The Hall–Kier alpha value is -2.97. The predicted octanol–water partition coefficient (Wildman–Crippen LogP) is 3.70. The number of hydrogen-bond acceptors (Lipinski definition) is 5. The van der Waals surface area contributed by atoms with E-state index in [-0.39, 0.29) is 36.3 Å². The third-order valence-electron chi connectivity index (χ3n) is 9.96. The smallest absolute Gasteiger partial charge is 0.249 e.